The lowest BCUT2D eigenvalue weighted by molar-refractivity contribution is -0.140. The number of amides is 1. The third-order valence-electron chi connectivity index (χ3n) is 2.43. The van der Waals surface area contributed by atoms with Gasteiger partial charge in [-0.2, -0.15) is 0 Å². The number of aliphatic carboxylic acids is 1. The SMILES string of the molecule is CS(=O)(=O)Cc1ccc(C(=O)N[C@@H](CO)C(=O)O)cc1. The lowest BCUT2D eigenvalue weighted by Crippen LogP contribution is -2.43. The Bertz CT molecular complexity index is 593. The van der Waals surface area contributed by atoms with Gasteiger partial charge in [0.15, 0.2) is 15.9 Å². The topological polar surface area (TPSA) is 121 Å². The Hall–Kier alpha value is -1.93. The van der Waals surface area contributed by atoms with Gasteiger partial charge < -0.3 is 15.5 Å². The molecule has 8 heteroatoms. The van der Waals surface area contributed by atoms with Crippen LogP contribution in [0.25, 0.3) is 0 Å². The zero-order valence-corrected chi connectivity index (χ0v) is 11.6. The van der Waals surface area contributed by atoms with Crippen molar-refractivity contribution in [2.45, 2.75) is 11.8 Å². The molecule has 0 aromatic heterocycles. The standard InChI is InChI=1S/C12H15NO6S/c1-20(18,19)7-8-2-4-9(5-3-8)11(15)13-10(6-14)12(16)17/h2-5,10,14H,6-7H2,1H3,(H,13,15)(H,16,17)/t10-/m0/s1. The molecule has 0 unspecified atom stereocenters. The van der Waals surface area contributed by atoms with Gasteiger partial charge in [0.05, 0.1) is 12.4 Å². The summed E-state index contributed by atoms with van der Waals surface area (Å²) in [6, 6.07) is 4.37. The lowest BCUT2D eigenvalue weighted by Gasteiger charge is -2.11. The van der Waals surface area contributed by atoms with Gasteiger partial charge in [0, 0.05) is 11.8 Å². The quantitative estimate of drug-likeness (QED) is 0.645. The van der Waals surface area contributed by atoms with E-state index in [1.54, 1.807) is 0 Å². The van der Waals surface area contributed by atoms with E-state index in [1.807, 2.05) is 0 Å². The van der Waals surface area contributed by atoms with Crippen molar-refractivity contribution in [1.29, 1.82) is 0 Å². The highest BCUT2D eigenvalue weighted by Crippen LogP contribution is 2.08. The molecule has 0 radical (unpaired) electrons. The van der Waals surface area contributed by atoms with E-state index in [1.165, 1.54) is 24.3 Å². The number of aliphatic hydroxyl groups excluding tert-OH is 1. The molecule has 0 saturated heterocycles. The molecule has 0 spiro atoms. The molecule has 0 aliphatic heterocycles. The predicted molar refractivity (Wildman–Crippen MR) is 71.0 cm³/mol. The van der Waals surface area contributed by atoms with Crippen molar-refractivity contribution in [3.63, 3.8) is 0 Å². The van der Waals surface area contributed by atoms with Gasteiger partial charge >= 0.3 is 5.97 Å². The van der Waals surface area contributed by atoms with Gasteiger partial charge in [-0.1, -0.05) is 12.1 Å². The number of carboxylic acids is 1. The average Bonchev–Trinajstić information content (AvgIpc) is 2.34. The third-order valence-corrected chi connectivity index (χ3v) is 3.29. The first kappa shape index (κ1) is 16.1. The maximum Gasteiger partial charge on any atom is 0.328 e. The fourth-order valence-corrected chi connectivity index (χ4v) is 2.28. The predicted octanol–water partition coefficient (Wildman–Crippen LogP) is -0.593. The summed E-state index contributed by atoms with van der Waals surface area (Å²) in [5, 5.41) is 19.6. The highest BCUT2D eigenvalue weighted by atomic mass is 32.2. The van der Waals surface area contributed by atoms with Crippen LogP contribution in [0.15, 0.2) is 24.3 Å². The number of aliphatic hydroxyl groups is 1. The maximum atomic E-state index is 11.7. The van der Waals surface area contributed by atoms with Crippen LogP contribution >= 0.6 is 0 Å². The molecule has 1 aromatic rings. The molecule has 3 N–H and O–H groups in total. The third kappa shape index (κ3) is 4.98. The second kappa shape index (κ2) is 6.49. The van der Waals surface area contributed by atoms with E-state index < -0.39 is 34.4 Å². The normalized spacial score (nSPS) is 12.7. The molecular weight excluding hydrogens is 286 g/mol. The van der Waals surface area contributed by atoms with Crippen LogP contribution in [0.5, 0.6) is 0 Å². The summed E-state index contributed by atoms with van der Waals surface area (Å²) >= 11 is 0. The number of hydrogen-bond acceptors (Lipinski definition) is 5. The number of sulfone groups is 1. The Morgan fingerprint density at radius 2 is 1.80 bits per heavy atom. The summed E-state index contributed by atoms with van der Waals surface area (Å²) in [6.45, 7) is -0.715. The minimum atomic E-state index is -3.16. The molecule has 1 amide bonds. The van der Waals surface area contributed by atoms with Crippen LogP contribution in [-0.2, 0) is 20.4 Å². The number of hydrogen-bond donors (Lipinski definition) is 3. The summed E-state index contributed by atoms with van der Waals surface area (Å²) in [5.41, 5.74) is 0.711. The molecule has 110 valence electrons. The Morgan fingerprint density at radius 3 is 2.20 bits per heavy atom. The van der Waals surface area contributed by atoms with Crippen molar-refractivity contribution in [1.82, 2.24) is 5.32 Å². The second-order valence-corrected chi connectivity index (χ2v) is 6.45. The summed E-state index contributed by atoms with van der Waals surface area (Å²) in [6.07, 6.45) is 1.10. The highest BCUT2D eigenvalue weighted by molar-refractivity contribution is 7.89. The molecule has 1 atom stereocenters. The van der Waals surface area contributed by atoms with E-state index in [9.17, 15) is 18.0 Å². The van der Waals surface area contributed by atoms with E-state index in [4.69, 9.17) is 10.2 Å². The largest absolute Gasteiger partial charge is 0.480 e. The van der Waals surface area contributed by atoms with E-state index in [0.29, 0.717) is 5.56 Å². The van der Waals surface area contributed by atoms with Gasteiger partial charge in [0.25, 0.3) is 5.91 Å². The molecule has 0 bridgehead atoms. The van der Waals surface area contributed by atoms with Crippen molar-refractivity contribution in [2.75, 3.05) is 12.9 Å². The molecule has 0 saturated carbocycles. The molecule has 1 aromatic carbocycles. The van der Waals surface area contributed by atoms with E-state index in [-0.39, 0.29) is 11.3 Å². The van der Waals surface area contributed by atoms with E-state index in [0.717, 1.165) is 6.26 Å². The molecule has 0 aliphatic rings. The summed E-state index contributed by atoms with van der Waals surface area (Å²) in [4.78, 5) is 22.4. The Kier molecular flexibility index (Phi) is 5.23. The number of carboxylic acid groups (broad SMARTS) is 1. The van der Waals surface area contributed by atoms with Crippen LogP contribution in [0.4, 0.5) is 0 Å². The van der Waals surface area contributed by atoms with Crippen molar-refractivity contribution < 1.29 is 28.2 Å². The maximum absolute atomic E-state index is 11.7. The van der Waals surface area contributed by atoms with Gasteiger partial charge in [-0.25, -0.2) is 13.2 Å². The van der Waals surface area contributed by atoms with Crippen molar-refractivity contribution in [2.24, 2.45) is 0 Å². The first-order chi connectivity index (χ1) is 9.23. The van der Waals surface area contributed by atoms with Gasteiger partial charge in [-0.15, -0.1) is 0 Å². The molecule has 1 rings (SSSR count). The van der Waals surface area contributed by atoms with Crippen LogP contribution < -0.4 is 5.32 Å². The minimum absolute atomic E-state index is 0.136. The van der Waals surface area contributed by atoms with E-state index >= 15 is 0 Å². The Morgan fingerprint density at radius 1 is 1.25 bits per heavy atom. The number of nitrogens with one attached hydrogen (secondary N) is 1. The number of rotatable bonds is 6. The van der Waals surface area contributed by atoms with Crippen molar-refractivity contribution in [3.05, 3.63) is 35.4 Å². The van der Waals surface area contributed by atoms with Crippen LogP contribution in [0.3, 0.4) is 0 Å². The smallest absolute Gasteiger partial charge is 0.328 e. The Labute approximate surface area is 116 Å². The molecule has 0 heterocycles. The fourth-order valence-electron chi connectivity index (χ4n) is 1.48. The van der Waals surface area contributed by atoms with Crippen molar-refractivity contribution >= 4 is 21.7 Å². The van der Waals surface area contributed by atoms with Gasteiger partial charge in [-0.05, 0) is 17.7 Å². The molecule has 0 aliphatic carbocycles. The van der Waals surface area contributed by atoms with Crippen LogP contribution in [0.2, 0.25) is 0 Å². The zero-order chi connectivity index (χ0) is 15.3. The molecule has 20 heavy (non-hydrogen) atoms. The molecule has 7 nitrogen and oxygen atoms in total. The summed E-state index contributed by atoms with van der Waals surface area (Å²) < 4.78 is 22.2. The summed E-state index contributed by atoms with van der Waals surface area (Å²) in [7, 11) is -3.16. The fraction of sp³-hybridized carbons (Fsp3) is 0.333. The average molecular weight is 301 g/mol. The van der Waals surface area contributed by atoms with Crippen LogP contribution in [-0.4, -0.2) is 49.4 Å². The molecular formula is C12H15NO6S. The first-order valence-corrected chi connectivity index (χ1v) is 7.70. The van der Waals surface area contributed by atoms with E-state index in [2.05, 4.69) is 5.32 Å². The van der Waals surface area contributed by atoms with Gasteiger partial charge in [0.1, 0.15) is 0 Å². The minimum Gasteiger partial charge on any atom is -0.480 e. The number of benzene rings is 1. The van der Waals surface area contributed by atoms with Crippen LogP contribution in [0.1, 0.15) is 15.9 Å². The number of carbonyl (C=O) groups is 2. The number of carbonyl (C=O) groups excluding carboxylic acids is 1. The zero-order valence-electron chi connectivity index (χ0n) is 10.7. The van der Waals surface area contributed by atoms with Gasteiger partial charge in [0.2, 0.25) is 0 Å². The lowest BCUT2D eigenvalue weighted by atomic mass is 10.1. The van der Waals surface area contributed by atoms with Crippen LogP contribution in [0, 0.1) is 0 Å². The second-order valence-electron chi connectivity index (χ2n) is 4.31. The van der Waals surface area contributed by atoms with Crippen molar-refractivity contribution in [3.8, 4) is 0 Å². The highest BCUT2D eigenvalue weighted by Gasteiger charge is 2.19. The monoisotopic (exact) mass is 301 g/mol. The summed E-state index contributed by atoms with van der Waals surface area (Å²) in [5.74, 6) is -2.13. The molecule has 0 fully saturated rings. The first-order valence-electron chi connectivity index (χ1n) is 5.64. The Balaban J connectivity index is 2.78. The van der Waals surface area contributed by atoms with Gasteiger partial charge in [-0.3, -0.25) is 4.79 Å².